The summed E-state index contributed by atoms with van der Waals surface area (Å²) in [5.74, 6) is 1.33. The Morgan fingerprint density at radius 1 is 1.12 bits per heavy atom. The fourth-order valence-corrected chi connectivity index (χ4v) is 1.53. The van der Waals surface area contributed by atoms with Gasteiger partial charge in [-0.3, -0.25) is 0 Å². The van der Waals surface area contributed by atoms with Gasteiger partial charge in [-0.2, -0.15) is 0 Å². The van der Waals surface area contributed by atoms with E-state index in [1.807, 2.05) is 38.1 Å². The topological polar surface area (TPSA) is 22.1 Å². The monoisotopic (exact) mass is 233 g/mol. The van der Waals surface area contributed by atoms with Gasteiger partial charge in [0.05, 0.1) is 0 Å². The van der Waals surface area contributed by atoms with Crippen molar-refractivity contribution in [2.75, 3.05) is 0 Å². The van der Waals surface area contributed by atoms with Crippen molar-refractivity contribution in [3.63, 3.8) is 0 Å². The molecule has 1 heterocycles. The van der Waals surface area contributed by atoms with Crippen LogP contribution in [0, 0.1) is 13.8 Å². The molecule has 0 aliphatic heterocycles. The lowest BCUT2D eigenvalue weighted by molar-refractivity contribution is 0.459. The second-order valence-corrected chi connectivity index (χ2v) is 4.06. The maximum Gasteiger partial charge on any atom is 0.220 e. The molecule has 2 aromatic rings. The van der Waals surface area contributed by atoms with Crippen LogP contribution in [0.5, 0.6) is 11.6 Å². The molecule has 1 aromatic carbocycles. The summed E-state index contributed by atoms with van der Waals surface area (Å²) >= 11 is 5.79. The first kappa shape index (κ1) is 11.0. The lowest BCUT2D eigenvalue weighted by atomic mass is 10.1. The normalized spacial score (nSPS) is 10.2. The molecule has 0 atom stereocenters. The number of nitrogens with zero attached hydrogens (tertiary/aromatic N) is 1. The van der Waals surface area contributed by atoms with Gasteiger partial charge in [0.25, 0.3) is 0 Å². The van der Waals surface area contributed by atoms with Gasteiger partial charge in [0, 0.05) is 6.07 Å². The summed E-state index contributed by atoms with van der Waals surface area (Å²) < 4.78 is 5.68. The highest BCUT2D eigenvalue weighted by atomic mass is 35.5. The number of aromatic nitrogens is 1. The van der Waals surface area contributed by atoms with Crippen molar-refractivity contribution in [3.05, 3.63) is 52.7 Å². The SMILES string of the molecule is Cc1ccc(C)c(Oc2cccc(Cl)n2)c1. The van der Waals surface area contributed by atoms with E-state index in [1.165, 1.54) is 0 Å². The van der Waals surface area contributed by atoms with Gasteiger partial charge < -0.3 is 4.74 Å². The molecule has 0 N–H and O–H groups in total. The smallest absolute Gasteiger partial charge is 0.220 e. The van der Waals surface area contributed by atoms with E-state index < -0.39 is 0 Å². The molecule has 0 bridgehead atoms. The van der Waals surface area contributed by atoms with Gasteiger partial charge in [0.2, 0.25) is 5.88 Å². The zero-order valence-corrected chi connectivity index (χ0v) is 9.95. The van der Waals surface area contributed by atoms with Crippen molar-refractivity contribution in [2.45, 2.75) is 13.8 Å². The molecule has 0 fully saturated rings. The average molecular weight is 234 g/mol. The zero-order chi connectivity index (χ0) is 11.5. The van der Waals surface area contributed by atoms with Gasteiger partial charge in [-0.15, -0.1) is 0 Å². The van der Waals surface area contributed by atoms with Gasteiger partial charge in [0.1, 0.15) is 10.9 Å². The minimum atomic E-state index is 0.433. The van der Waals surface area contributed by atoms with Gasteiger partial charge in [-0.25, -0.2) is 4.98 Å². The van der Waals surface area contributed by atoms with E-state index in [1.54, 1.807) is 12.1 Å². The summed E-state index contributed by atoms with van der Waals surface area (Å²) in [6.07, 6.45) is 0. The Morgan fingerprint density at radius 2 is 1.94 bits per heavy atom. The predicted molar refractivity (Wildman–Crippen MR) is 65.2 cm³/mol. The first-order valence-electron chi connectivity index (χ1n) is 5.03. The zero-order valence-electron chi connectivity index (χ0n) is 9.20. The van der Waals surface area contributed by atoms with Crippen molar-refractivity contribution < 1.29 is 4.74 Å². The second kappa shape index (κ2) is 4.54. The first-order valence-corrected chi connectivity index (χ1v) is 5.40. The van der Waals surface area contributed by atoms with Crippen LogP contribution in [0.3, 0.4) is 0 Å². The van der Waals surface area contributed by atoms with Crippen LogP contribution in [0.1, 0.15) is 11.1 Å². The van der Waals surface area contributed by atoms with Crippen LogP contribution in [0.15, 0.2) is 36.4 Å². The van der Waals surface area contributed by atoms with Crippen LogP contribution >= 0.6 is 11.6 Å². The van der Waals surface area contributed by atoms with Crippen molar-refractivity contribution in [1.29, 1.82) is 0 Å². The number of halogens is 1. The molecule has 0 saturated carbocycles. The highest BCUT2D eigenvalue weighted by molar-refractivity contribution is 6.29. The van der Waals surface area contributed by atoms with E-state index in [4.69, 9.17) is 16.3 Å². The summed E-state index contributed by atoms with van der Waals surface area (Å²) in [7, 11) is 0. The molecule has 2 rings (SSSR count). The van der Waals surface area contributed by atoms with Gasteiger partial charge >= 0.3 is 0 Å². The molecule has 1 aromatic heterocycles. The molecule has 2 nitrogen and oxygen atoms in total. The van der Waals surface area contributed by atoms with Crippen LogP contribution in [0.25, 0.3) is 0 Å². The quantitative estimate of drug-likeness (QED) is 0.728. The maximum atomic E-state index is 5.79. The minimum Gasteiger partial charge on any atom is -0.439 e. The molecule has 0 amide bonds. The fraction of sp³-hybridized carbons (Fsp3) is 0.154. The number of hydrogen-bond acceptors (Lipinski definition) is 2. The molecule has 0 aliphatic carbocycles. The summed E-state index contributed by atoms with van der Waals surface area (Å²) in [6.45, 7) is 4.02. The van der Waals surface area contributed by atoms with E-state index >= 15 is 0 Å². The molecule has 0 unspecified atom stereocenters. The number of benzene rings is 1. The van der Waals surface area contributed by atoms with Crippen LogP contribution in [0.2, 0.25) is 5.15 Å². The third-order valence-electron chi connectivity index (χ3n) is 2.25. The molecule has 82 valence electrons. The summed E-state index contributed by atoms with van der Waals surface area (Å²) in [5.41, 5.74) is 2.23. The highest BCUT2D eigenvalue weighted by Gasteiger charge is 2.03. The molecule has 3 heteroatoms. The third kappa shape index (κ3) is 2.52. The lowest BCUT2D eigenvalue weighted by Crippen LogP contribution is -1.90. The van der Waals surface area contributed by atoms with Crippen LogP contribution < -0.4 is 4.74 Å². The molecular formula is C13H12ClNO. The minimum absolute atomic E-state index is 0.433. The van der Waals surface area contributed by atoms with Crippen molar-refractivity contribution in [2.24, 2.45) is 0 Å². The van der Waals surface area contributed by atoms with E-state index in [0.29, 0.717) is 11.0 Å². The third-order valence-corrected chi connectivity index (χ3v) is 2.46. The second-order valence-electron chi connectivity index (χ2n) is 3.67. The standard InChI is InChI=1S/C13H12ClNO/c1-9-6-7-10(2)11(8-9)16-13-5-3-4-12(14)15-13/h3-8H,1-2H3. The van der Waals surface area contributed by atoms with Gasteiger partial charge in [0.15, 0.2) is 0 Å². The van der Waals surface area contributed by atoms with E-state index in [9.17, 15) is 0 Å². The molecular weight excluding hydrogens is 222 g/mol. The maximum absolute atomic E-state index is 5.79. The largest absolute Gasteiger partial charge is 0.439 e. The van der Waals surface area contributed by atoms with Crippen molar-refractivity contribution in [3.8, 4) is 11.6 Å². The lowest BCUT2D eigenvalue weighted by Gasteiger charge is -2.08. The van der Waals surface area contributed by atoms with Crippen LogP contribution in [-0.2, 0) is 0 Å². The molecule has 16 heavy (non-hydrogen) atoms. The summed E-state index contributed by atoms with van der Waals surface area (Å²) in [5, 5.41) is 0.433. The van der Waals surface area contributed by atoms with Gasteiger partial charge in [-0.1, -0.05) is 29.8 Å². The Balaban J connectivity index is 2.30. The summed E-state index contributed by atoms with van der Waals surface area (Å²) in [4.78, 5) is 4.08. The number of aryl methyl sites for hydroxylation is 2. The number of hydrogen-bond donors (Lipinski definition) is 0. The van der Waals surface area contributed by atoms with Gasteiger partial charge in [-0.05, 0) is 37.1 Å². The Labute approximate surface area is 99.9 Å². The van der Waals surface area contributed by atoms with Crippen LogP contribution in [-0.4, -0.2) is 4.98 Å². The Kier molecular flexibility index (Phi) is 3.11. The van der Waals surface area contributed by atoms with Crippen LogP contribution in [0.4, 0.5) is 0 Å². The summed E-state index contributed by atoms with van der Waals surface area (Å²) in [6, 6.07) is 11.4. The Hall–Kier alpha value is -1.54. The molecule has 0 aliphatic rings. The van der Waals surface area contributed by atoms with Crippen molar-refractivity contribution >= 4 is 11.6 Å². The number of pyridine rings is 1. The Morgan fingerprint density at radius 3 is 2.69 bits per heavy atom. The molecule has 0 saturated heterocycles. The van der Waals surface area contributed by atoms with E-state index in [0.717, 1.165) is 16.9 Å². The fourth-order valence-electron chi connectivity index (χ4n) is 1.38. The van der Waals surface area contributed by atoms with Crippen molar-refractivity contribution in [1.82, 2.24) is 4.98 Å². The average Bonchev–Trinajstić information content (AvgIpc) is 2.24. The van der Waals surface area contributed by atoms with E-state index in [-0.39, 0.29) is 0 Å². The van der Waals surface area contributed by atoms with E-state index in [2.05, 4.69) is 4.98 Å². The Bertz CT molecular complexity index is 511. The highest BCUT2D eigenvalue weighted by Crippen LogP contribution is 2.25. The molecule has 0 spiro atoms. The molecule has 0 radical (unpaired) electrons. The predicted octanol–water partition coefficient (Wildman–Crippen LogP) is 4.14. The number of ether oxygens (including phenoxy) is 1. The number of rotatable bonds is 2. The first-order chi connectivity index (χ1) is 7.65.